The van der Waals surface area contributed by atoms with Crippen molar-refractivity contribution in [3.8, 4) is 11.5 Å². The fourth-order valence-corrected chi connectivity index (χ4v) is 3.67. The zero-order valence-electron chi connectivity index (χ0n) is 14.3. The van der Waals surface area contributed by atoms with Crippen LogP contribution in [0.2, 0.25) is 0 Å². The summed E-state index contributed by atoms with van der Waals surface area (Å²) in [5.74, 6) is 2.45. The van der Waals surface area contributed by atoms with Gasteiger partial charge in [-0.15, -0.1) is 0 Å². The van der Waals surface area contributed by atoms with Crippen molar-refractivity contribution in [1.29, 1.82) is 0 Å². The molecule has 0 aliphatic carbocycles. The van der Waals surface area contributed by atoms with Gasteiger partial charge in [-0.1, -0.05) is 12.1 Å². The Hall–Kier alpha value is -1.30. The van der Waals surface area contributed by atoms with Crippen LogP contribution < -0.4 is 9.47 Å². The van der Waals surface area contributed by atoms with Crippen LogP contribution >= 0.6 is 0 Å². The highest BCUT2D eigenvalue weighted by atomic mass is 16.5. The number of benzene rings is 1. The molecule has 2 aliphatic rings. The van der Waals surface area contributed by atoms with Gasteiger partial charge in [-0.3, -0.25) is 9.80 Å². The van der Waals surface area contributed by atoms with Crippen molar-refractivity contribution >= 4 is 0 Å². The van der Waals surface area contributed by atoms with E-state index in [-0.39, 0.29) is 0 Å². The lowest BCUT2D eigenvalue weighted by Crippen LogP contribution is -2.39. The molecule has 23 heavy (non-hydrogen) atoms. The van der Waals surface area contributed by atoms with E-state index in [2.05, 4.69) is 15.9 Å². The van der Waals surface area contributed by atoms with Gasteiger partial charge in [0.15, 0.2) is 11.5 Å². The molecule has 0 amide bonds. The van der Waals surface area contributed by atoms with Crippen LogP contribution in [0, 0.1) is 5.92 Å². The number of methoxy groups -OCH3 is 2. The van der Waals surface area contributed by atoms with Gasteiger partial charge in [0.05, 0.1) is 27.4 Å². The molecule has 2 heterocycles. The highest BCUT2D eigenvalue weighted by Gasteiger charge is 2.26. The average Bonchev–Trinajstić information content (AvgIpc) is 3.02. The Morgan fingerprint density at radius 3 is 2.65 bits per heavy atom. The van der Waals surface area contributed by atoms with Crippen LogP contribution in [0.15, 0.2) is 18.2 Å². The van der Waals surface area contributed by atoms with Crippen molar-refractivity contribution in [3.05, 3.63) is 23.8 Å². The number of rotatable bonds is 6. The Kier molecular flexibility index (Phi) is 5.75. The minimum absolute atomic E-state index is 0.768. The summed E-state index contributed by atoms with van der Waals surface area (Å²) in [7, 11) is 3.41. The molecule has 0 aromatic heterocycles. The van der Waals surface area contributed by atoms with Gasteiger partial charge in [-0.05, 0) is 24.9 Å². The first kappa shape index (κ1) is 16.6. The van der Waals surface area contributed by atoms with Crippen LogP contribution in [0.1, 0.15) is 12.0 Å². The quantitative estimate of drug-likeness (QED) is 0.799. The summed E-state index contributed by atoms with van der Waals surface area (Å²) >= 11 is 0. The highest BCUT2D eigenvalue weighted by molar-refractivity contribution is 5.46. The third kappa shape index (κ3) is 4.16. The number of nitrogens with zero attached hydrogens (tertiary/aromatic N) is 2. The smallest absolute Gasteiger partial charge is 0.165 e. The number of hydrogen-bond acceptors (Lipinski definition) is 5. The highest BCUT2D eigenvalue weighted by Crippen LogP contribution is 2.32. The number of ether oxygens (including phenoxy) is 3. The minimum atomic E-state index is 0.768. The Labute approximate surface area is 139 Å². The normalized spacial score (nSPS) is 23.1. The number of morpholine rings is 1. The Morgan fingerprint density at radius 2 is 1.91 bits per heavy atom. The van der Waals surface area contributed by atoms with E-state index in [1.54, 1.807) is 14.2 Å². The molecule has 0 bridgehead atoms. The van der Waals surface area contributed by atoms with Gasteiger partial charge >= 0.3 is 0 Å². The van der Waals surface area contributed by atoms with Crippen molar-refractivity contribution in [3.63, 3.8) is 0 Å². The lowest BCUT2D eigenvalue weighted by atomic mass is 10.1. The molecule has 2 saturated heterocycles. The molecular weight excluding hydrogens is 292 g/mol. The minimum Gasteiger partial charge on any atom is -0.493 e. The monoisotopic (exact) mass is 320 g/mol. The van der Waals surface area contributed by atoms with E-state index in [0.29, 0.717) is 0 Å². The second-order valence-corrected chi connectivity index (χ2v) is 6.46. The fourth-order valence-electron chi connectivity index (χ4n) is 3.67. The summed E-state index contributed by atoms with van der Waals surface area (Å²) in [5.41, 5.74) is 1.21. The molecule has 2 fully saturated rings. The summed E-state index contributed by atoms with van der Waals surface area (Å²) in [6.07, 6.45) is 1.28. The van der Waals surface area contributed by atoms with E-state index >= 15 is 0 Å². The van der Waals surface area contributed by atoms with Crippen molar-refractivity contribution in [2.45, 2.75) is 13.0 Å². The zero-order chi connectivity index (χ0) is 16.1. The number of para-hydroxylation sites is 1. The molecule has 1 atom stereocenters. The predicted molar refractivity (Wildman–Crippen MR) is 90.2 cm³/mol. The van der Waals surface area contributed by atoms with E-state index in [1.165, 1.54) is 18.5 Å². The molecule has 1 aromatic carbocycles. The molecule has 5 nitrogen and oxygen atoms in total. The van der Waals surface area contributed by atoms with Gasteiger partial charge in [0.1, 0.15) is 0 Å². The van der Waals surface area contributed by atoms with Crippen LogP contribution in [-0.4, -0.2) is 70.0 Å². The maximum absolute atomic E-state index is 5.55. The van der Waals surface area contributed by atoms with E-state index in [9.17, 15) is 0 Å². The van der Waals surface area contributed by atoms with Crippen LogP contribution in [0.25, 0.3) is 0 Å². The molecule has 3 rings (SSSR count). The second-order valence-electron chi connectivity index (χ2n) is 6.46. The molecule has 5 heteroatoms. The lowest BCUT2D eigenvalue weighted by molar-refractivity contribution is 0.0311. The molecule has 0 saturated carbocycles. The van der Waals surface area contributed by atoms with Gasteiger partial charge in [0.25, 0.3) is 0 Å². The fraction of sp³-hybridized carbons (Fsp3) is 0.667. The summed E-state index contributed by atoms with van der Waals surface area (Å²) in [4.78, 5) is 5.08. The van der Waals surface area contributed by atoms with E-state index in [4.69, 9.17) is 14.2 Å². The van der Waals surface area contributed by atoms with Crippen LogP contribution in [0.3, 0.4) is 0 Å². The third-order valence-electron chi connectivity index (χ3n) is 4.87. The Bertz CT molecular complexity index is 503. The largest absolute Gasteiger partial charge is 0.493 e. The van der Waals surface area contributed by atoms with Crippen LogP contribution in [0.4, 0.5) is 0 Å². The third-order valence-corrected chi connectivity index (χ3v) is 4.87. The summed E-state index contributed by atoms with van der Waals surface area (Å²) < 4.78 is 16.4. The first-order chi connectivity index (χ1) is 11.3. The summed E-state index contributed by atoms with van der Waals surface area (Å²) in [6.45, 7) is 8.40. The van der Waals surface area contributed by atoms with Gasteiger partial charge in [0, 0.05) is 38.3 Å². The van der Waals surface area contributed by atoms with Crippen molar-refractivity contribution in [2.24, 2.45) is 5.92 Å². The lowest BCUT2D eigenvalue weighted by Gasteiger charge is -2.29. The zero-order valence-corrected chi connectivity index (χ0v) is 14.3. The molecule has 0 N–H and O–H groups in total. The summed E-state index contributed by atoms with van der Waals surface area (Å²) in [6, 6.07) is 6.13. The Balaban J connectivity index is 1.55. The van der Waals surface area contributed by atoms with Gasteiger partial charge < -0.3 is 14.2 Å². The summed E-state index contributed by atoms with van der Waals surface area (Å²) in [5, 5.41) is 0. The molecule has 0 spiro atoms. The molecule has 1 aromatic rings. The maximum atomic E-state index is 5.55. The molecular formula is C18H28N2O3. The average molecular weight is 320 g/mol. The first-order valence-corrected chi connectivity index (χ1v) is 8.52. The standard InChI is InChI=1S/C18H28N2O3/c1-21-17-5-3-4-16(18(17)22-2)14-20-7-6-15(13-20)12-19-8-10-23-11-9-19/h3-5,15H,6-14H2,1-2H3/t15-/m1/s1. The number of likely N-dealkylation sites (tertiary alicyclic amines) is 1. The van der Waals surface area contributed by atoms with Crippen molar-refractivity contribution in [1.82, 2.24) is 9.80 Å². The van der Waals surface area contributed by atoms with E-state index < -0.39 is 0 Å². The second kappa shape index (κ2) is 7.99. The van der Waals surface area contributed by atoms with Crippen molar-refractivity contribution < 1.29 is 14.2 Å². The first-order valence-electron chi connectivity index (χ1n) is 8.52. The SMILES string of the molecule is COc1cccc(CN2CC[C@H](CN3CCOCC3)C2)c1OC. The van der Waals surface area contributed by atoms with E-state index in [1.807, 2.05) is 12.1 Å². The van der Waals surface area contributed by atoms with Gasteiger partial charge in [-0.25, -0.2) is 0 Å². The number of hydrogen-bond donors (Lipinski definition) is 0. The Morgan fingerprint density at radius 1 is 1.09 bits per heavy atom. The molecule has 0 radical (unpaired) electrons. The van der Waals surface area contributed by atoms with Crippen molar-refractivity contribution in [2.75, 3.05) is 60.2 Å². The topological polar surface area (TPSA) is 34.2 Å². The predicted octanol–water partition coefficient (Wildman–Crippen LogP) is 1.86. The molecule has 128 valence electrons. The van der Waals surface area contributed by atoms with Gasteiger partial charge in [-0.2, -0.15) is 0 Å². The van der Waals surface area contributed by atoms with Gasteiger partial charge in [0.2, 0.25) is 0 Å². The maximum Gasteiger partial charge on any atom is 0.165 e. The molecule has 2 aliphatic heterocycles. The molecule has 0 unspecified atom stereocenters. The van der Waals surface area contributed by atoms with Crippen LogP contribution in [-0.2, 0) is 11.3 Å². The van der Waals surface area contributed by atoms with E-state index in [0.717, 1.165) is 63.4 Å². The van der Waals surface area contributed by atoms with Crippen LogP contribution in [0.5, 0.6) is 11.5 Å².